The highest BCUT2D eigenvalue weighted by Gasteiger charge is 2.43. The largest absolute Gasteiger partial charge is 0.389 e. The number of ether oxygens (including phenoxy) is 1. The first kappa shape index (κ1) is 20.7. The number of carbonyl (C=O) groups excluding carboxylic acids is 1. The van der Waals surface area contributed by atoms with Gasteiger partial charge in [-0.1, -0.05) is 6.07 Å². The molecule has 31 heavy (non-hydrogen) atoms. The zero-order chi connectivity index (χ0) is 21.8. The van der Waals surface area contributed by atoms with Crippen LogP contribution in [0.15, 0.2) is 24.4 Å². The molecule has 2 aromatic rings. The predicted octanol–water partition coefficient (Wildman–Crippen LogP) is 3.13. The van der Waals surface area contributed by atoms with Crippen molar-refractivity contribution in [1.82, 2.24) is 14.8 Å². The molecule has 0 aliphatic carbocycles. The van der Waals surface area contributed by atoms with Crippen LogP contribution in [0.4, 0.5) is 8.78 Å². The third-order valence-electron chi connectivity index (χ3n) is 6.95. The zero-order valence-corrected chi connectivity index (χ0v) is 17.6. The lowest BCUT2D eigenvalue weighted by Gasteiger charge is -2.37. The summed E-state index contributed by atoms with van der Waals surface area (Å²) in [7, 11) is 0. The Morgan fingerprint density at radius 3 is 2.84 bits per heavy atom. The van der Waals surface area contributed by atoms with Crippen LogP contribution in [0.25, 0.3) is 10.9 Å². The highest BCUT2D eigenvalue weighted by molar-refractivity contribution is 6.05. The summed E-state index contributed by atoms with van der Waals surface area (Å²) in [5.74, 6) is -2.69. The number of hydrogen-bond acceptors (Lipinski definition) is 5. The topological polar surface area (TPSA) is 65.9 Å². The molecule has 0 radical (unpaired) electrons. The summed E-state index contributed by atoms with van der Waals surface area (Å²) >= 11 is 0. The molecule has 1 aromatic carbocycles. The van der Waals surface area contributed by atoms with E-state index >= 15 is 0 Å². The number of rotatable bonds is 3. The molecule has 5 rings (SSSR count). The average Bonchev–Trinajstić information content (AvgIpc) is 3.00. The van der Waals surface area contributed by atoms with E-state index < -0.39 is 12.0 Å². The van der Waals surface area contributed by atoms with Crippen molar-refractivity contribution < 1.29 is 23.4 Å². The number of likely N-dealkylation sites (tertiary alicyclic amines) is 1. The van der Waals surface area contributed by atoms with Crippen LogP contribution >= 0.6 is 0 Å². The van der Waals surface area contributed by atoms with Gasteiger partial charge in [0.25, 0.3) is 11.8 Å². The van der Waals surface area contributed by atoms with Gasteiger partial charge in [0.1, 0.15) is 0 Å². The van der Waals surface area contributed by atoms with Crippen molar-refractivity contribution in [1.29, 1.82) is 0 Å². The molecule has 4 heterocycles. The number of aliphatic hydroxyl groups excluding tert-OH is 1. The van der Waals surface area contributed by atoms with Gasteiger partial charge in [-0.3, -0.25) is 14.7 Å². The van der Waals surface area contributed by atoms with E-state index in [0.717, 1.165) is 22.0 Å². The fraction of sp³-hybridized carbons (Fsp3) is 0.565. The van der Waals surface area contributed by atoms with Crippen LogP contribution < -0.4 is 0 Å². The maximum atomic E-state index is 13.6. The Hall–Kier alpha value is -2.16. The number of fused-ring (bicyclic) bond motifs is 3. The average molecular weight is 431 g/mol. The van der Waals surface area contributed by atoms with Gasteiger partial charge < -0.3 is 14.7 Å². The SMILES string of the molecule is CC1c2c(cc(CN3CCC(F)(F)CC3)c3cccnc23)C(=O)N1[C@@H]1CCOC[C@@H]1O. The number of benzene rings is 1. The van der Waals surface area contributed by atoms with Gasteiger partial charge in [0.15, 0.2) is 0 Å². The molecule has 3 aliphatic rings. The molecule has 1 unspecified atom stereocenters. The Labute approximate surface area is 179 Å². The molecule has 0 bridgehead atoms. The minimum absolute atomic E-state index is 0.104. The Bertz CT molecular complexity index is 1000. The summed E-state index contributed by atoms with van der Waals surface area (Å²) < 4.78 is 32.5. The van der Waals surface area contributed by atoms with Gasteiger partial charge in [0, 0.05) is 61.8 Å². The van der Waals surface area contributed by atoms with Crippen LogP contribution in [0.3, 0.4) is 0 Å². The molecule has 8 heteroatoms. The van der Waals surface area contributed by atoms with Crippen molar-refractivity contribution >= 4 is 16.8 Å². The Morgan fingerprint density at radius 1 is 1.32 bits per heavy atom. The first-order valence-corrected chi connectivity index (χ1v) is 10.9. The molecule has 0 spiro atoms. The maximum Gasteiger partial charge on any atom is 0.255 e. The van der Waals surface area contributed by atoms with E-state index in [2.05, 4.69) is 4.98 Å². The quantitative estimate of drug-likeness (QED) is 0.809. The molecule has 0 saturated carbocycles. The number of hydrogen-bond donors (Lipinski definition) is 1. The second-order valence-corrected chi connectivity index (χ2v) is 8.92. The van der Waals surface area contributed by atoms with E-state index in [9.17, 15) is 18.7 Å². The molecule has 1 aromatic heterocycles. The normalized spacial score (nSPS) is 28.8. The van der Waals surface area contributed by atoms with Crippen LogP contribution in [0, 0.1) is 0 Å². The number of halogens is 2. The third-order valence-corrected chi connectivity index (χ3v) is 6.95. The van der Waals surface area contributed by atoms with Crippen molar-refractivity contribution in [2.75, 3.05) is 26.3 Å². The van der Waals surface area contributed by atoms with Gasteiger partial charge in [-0.25, -0.2) is 8.78 Å². The Balaban J connectivity index is 1.52. The molecule has 3 aliphatic heterocycles. The van der Waals surface area contributed by atoms with Crippen LogP contribution in [0.5, 0.6) is 0 Å². The van der Waals surface area contributed by atoms with Crippen molar-refractivity contribution in [3.05, 3.63) is 41.1 Å². The Kier molecular flexibility index (Phi) is 5.19. The number of aliphatic hydroxyl groups is 1. The second-order valence-electron chi connectivity index (χ2n) is 8.92. The fourth-order valence-electron chi connectivity index (χ4n) is 5.27. The monoisotopic (exact) mass is 431 g/mol. The number of pyridine rings is 1. The van der Waals surface area contributed by atoms with Crippen molar-refractivity contribution in [2.45, 2.75) is 56.8 Å². The minimum atomic E-state index is -2.59. The summed E-state index contributed by atoms with van der Waals surface area (Å²) in [6, 6.07) is 5.26. The number of aromatic nitrogens is 1. The van der Waals surface area contributed by atoms with Crippen molar-refractivity contribution in [3.8, 4) is 0 Å². The summed E-state index contributed by atoms with van der Waals surface area (Å²) in [6.45, 7) is 3.88. The first-order valence-electron chi connectivity index (χ1n) is 10.9. The molecule has 3 atom stereocenters. The maximum absolute atomic E-state index is 13.6. The van der Waals surface area contributed by atoms with E-state index in [0.29, 0.717) is 38.2 Å². The smallest absolute Gasteiger partial charge is 0.255 e. The van der Waals surface area contributed by atoms with E-state index in [-0.39, 0.29) is 37.4 Å². The summed E-state index contributed by atoms with van der Waals surface area (Å²) in [4.78, 5) is 21.9. The van der Waals surface area contributed by atoms with Gasteiger partial charge in [0.05, 0.1) is 30.3 Å². The molecule has 1 amide bonds. The lowest BCUT2D eigenvalue weighted by atomic mass is 9.95. The number of nitrogens with zero attached hydrogens (tertiary/aromatic N) is 3. The van der Waals surface area contributed by atoms with Gasteiger partial charge in [0.2, 0.25) is 0 Å². The number of piperidine rings is 1. The van der Waals surface area contributed by atoms with E-state index in [1.807, 2.05) is 30.0 Å². The zero-order valence-electron chi connectivity index (χ0n) is 17.6. The molecule has 6 nitrogen and oxygen atoms in total. The lowest BCUT2D eigenvalue weighted by Crippen LogP contribution is -2.50. The van der Waals surface area contributed by atoms with Gasteiger partial charge >= 0.3 is 0 Å². The highest BCUT2D eigenvalue weighted by Crippen LogP contribution is 2.42. The highest BCUT2D eigenvalue weighted by atomic mass is 19.3. The third kappa shape index (κ3) is 3.60. The van der Waals surface area contributed by atoms with E-state index in [4.69, 9.17) is 4.74 Å². The molecule has 1 N–H and O–H groups in total. The molecule has 2 fully saturated rings. The van der Waals surface area contributed by atoms with E-state index in [1.54, 1.807) is 11.1 Å². The lowest BCUT2D eigenvalue weighted by molar-refractivity contribution is -0.0623. The van der Waals surface area contributed by atoms with Crippen LogP contribution in [0.2, 0.25) is 0 Å². The standard InChI is InChI=1S/C23H27F2N3O3/c1-14-20-17(22(30)28(14)18-4-10-31-13-19(18)29)11-15(16-3-2-7-26-21(16)20)12-27-8-5-23(24,25)6-9-27/h2-3,7,11,14,18-19,29H,4-6,8-10,12-13H2,1H3/t14?,18-,19+/m1/s1. The number of alkyl halides is 2. The summed E-state index contributed by atoms with van der Waals surface area (Å²) in [5, 5.41) is 11.4. The van der Waals surface area contributed by atoms with Gasteiger partial charge in [-0.15, -0.1) is 0 Å². The van der Waals surface area contributed by atoms with Crippen LogP contribution in [-0.2, 0) is 11.3 Å². The fourth-order valence-corrected chi connectivity index (χ4v) is 5.27. The predicted molar refractivity (Wildman–Crippen MR) is 111 cm³/mol. The van der Waals surface area contributed by atoms with E-state index in [1.165, 1.54) is 0 Å². The second kappa shape index (κ2) is 7.76. The minimum Gasteiger partial charge on any atom is -0.389 e. The molecular formula is C23H27F2N3O3. The number of carbonyl (C=O) groups is 1. The Morgan fingerprint density at radius 2 is 2.10 bits per heavy atom. The summed E-state index contributed by atoms with van der Waals surface area (Å²) in [5.41, 5.74) is 3.20. The van der Waals surface area contributed by atoms with Crippen LogP contribution in [0.1, 0.15) is 53.7 Å². The van der Waals surface area contributed by atoms with Crippen LogP contribution in [-0.4, -0.2) is 70.2 Å². The molecule has 2 saturated heterocycles. The van der Waals surface area contributed by atoms with Gasteiger partial charge in [-0.2, -0.15) is 0 Å². The first-order chi connectivity index (χ1) is 14.9. The van der Waals surface area contributed by atoms with Gasteiger partial charge in [-0.05, 0) is 31.0 Å². The van der Waals surface area contributed by atoms with Crippen molar-refractivity contribution in [2.24, 2.45) is 0 Å². The summed E-state index contributed by atoms with van der Waals surface area (Å²) in [6.07, 6.45) is 1.31. The van der Waals surface area contributed by atoms with Crippen molar-refractivity contribution in [3.63, 3.8) is 0 Å². The number of amides is 1. The molecule has 166 valence electrons. The molecular weight excluding hydrogens is 404 g/mol.